The lowest BCUT2D eigenvalue weighted by atomic mass is 9.87. The van der Waals surface area contributed by atoms with E-state index < -0.39 is 5.66 Å². The lowest BCUT2D eigenvalue weighted by Crippen LogP contribution is -2.60. The minimum Gasteiger partial charge on any atom is -0.312 e. The third kappa shape index (κ3) is 1.90. The summed E-state index contributed by atoms with van der Waals surface area (Å²) >= 11 is 6.10. The molecule has 1 fully saturated rings. The zero-order valence-corrected chi connectivity index (χ0v) is 13.9. The second kappa shape index (κ2) is 5.36. The molecule has 2 aliphatic heterocycles. The fraction of sp³-hybridized carbons (Fsp3) is 0.316. The summed E-state index contributed by atoms with van der Waals surface area (Å²) in [5.41, 5.74) is 2.53. The minimum atomic E-state index is -0.495. The summed E-state index contributed by atoms with van der Waals surface area (Å²) in [6.45, 7) is 4.82. The van der Waals surface area contributed by atoms with Crippen LogP contribution in [0.15, 0.2) is 48.5 Å². The summed E-state index contributed by atoms with van der Waals surface area (Å²) < 4.78 is 0. The second-order valence-corrected chi connectivity index (χ2v) is 6.55. The number of hydrogen-bond acceptors (Lipinski definition) is 2. The standard InChI is InChI=1S/C19H19ClN2O/c1-2-21-12-5-13-22-18(23)16-6-3-4-7-17(16)19(21,22)14-8-10-15(20)11-9-14/h3-4,6-11H,2,5,12-13H2,1H3. The molecule has 4 heteroatoms. The number of fused-ring (bicyclic) bond motifs is 3. The molecule has 2 heterocycles. The molecule has 0 N–H and O–H groups in total. The number of carbonyl (C=O) groups excluding carboxylic acids is 1. The van der Waals surface area contributed by atoms with Crippen molar-refractivity contribution in [3.63, 3.8) is 0 Å². The molecule has 4 rings (SSSR count). The number of amides is 1. The van der Waals surface area contributed by atoms with E-state index in [0.29, 0.717) is 5.02 Å². The predicted molar refractivity (Wildman–Crippen MR) is 91.6 cm³/mol. The van der Waals surface area contributed by atoms with Crippen LogP contribution in [0.25, 0.3) is 0 Å². The molecule has 0 spiro atoms. The number of benzene rings is 2. The van der Waals surface area contributed by atoms with Crippen molar-refractivity contribution < 1.29 is 4.79 Å². The highest BCUT2D eigenvalue weighted by Gasteiger charge is 2.55. The number of nitrogens with zero attached hydrogens (tertiary/aromatic N) is 2. The molecule has 0 aliphatic carbocycles. The van der Waals surface area contributed by atoms with Crippen molar-refractivity contribution in [2.24, 2.45) is 0 Å². The molecule has 0 radical (unpaired) electrons. The second-order valence-electron chi connectivity index (χ2n) is 6.11. The third-order valence-corrected chi connectivity index (χ3v) is 5.32. The third-order valence-electron chi connectivity index (χ3n) is 5.06. The summed E-state index contributed by atoms with van der Waals surface area (Å²) in [5, 5.41) is 0.716. The van der Waals surface area contributed by atoms with Crippen LogP contribution in [0.4, 0.5) is 0 Å². The van der Waals surface area contributed by atoms with Gasteiger partial charge in [-0.05, 0) is 36.7 Å². The van der Waals surface area contributed by atoms with E-state index >= 15 is 0 Å². The number of hydrogen-bond donors (Lipinski definition) is 0. The maximum absolute atomic E-state index is 13.0. The van der Waals surface area contributed by atoms with Gasteiger partial charge in [0.15, 0.2) is 0 Å². The lowest BCUT2D eigenvalue weighted by Gasteiger charge is -2.51. The Hall–Kier alpha value is -1.84. The van der Waals surface area contributed by atoms with E-state index in [4.69, 9.17) is 11.6 Å². The molecular weight excluding hydrogens is 308 g/mol. The molecule has 2 aromatic carbocycles. The first kappa shape index (κ1) is 14.7. The van der Waals surface area contributed by atoms with Gasteiger partial charge in [-0.1, -0.05) is 48.9 Å². The summed E-state index contributed by atoms with van der Waals surface area (Å²) in [6.07, 6.45) is 1.00. The Morgan fingerprint density at radius 3 is 2.57 bits per heavy atom. The van der Waals surface area contributed by atoms with Crippen LogP contribution >= 0.6 is 11.6 Å². The van der Waals surface area contributed by atoms with Crippen LogP contribution in [0, 0.1) is 0 Å². The van der Waals surface area contributed by atoms with E-state index in [9.17, 15) is 4.79 Å². The van der Waals surface area contributed by atoms with Crippen molar-refractivity contribution in [3.05, 3.63) is 70.2 Å². The van der Waals surface area contributed by atoms with Crippen LogP contribution in [0.5, 0.6) is 0 Å². The van der Waals surface area contributed by atoms with Crippen molar-refractivity contribution in [3.8, 4) is 0 Å². The molecule has 1 saturated heterocycles. The van der Waals surface area contributed by atoms with Crippen LogP contribution in [0.2, 0.25) is 5.02 Å². The fourth-order valence-corrected chi connectivity index (χ4v) is 4.29. The highest BCUT2D eigenvalue weighted by molar-refractivity contribution is 6.30. The average molecular weight is 327 g/mol. The molecule has 23 heavy (non-hydrogen) atoms. The van der Waals surface area contributed by atoms with Gasteiger partial charge in [-0.3, -0.25) is 9.69 Å². The van der Waals surface area contributed by atoms with Gasteiger partial charge in [0.1, 0.15) is 5.66 Å². The molecule has 118 valence electrons. The van der Waals surface area contributed by atoms with E-state index in [-0.39, 0.29) is 5.91 Å². The number of carbonyl (C=O) groups is 1. The van der Waals surface area contributed by atoms with Crippen LogP contribution in [0.3, 0.4) is 0 Å². The van der Waals surface area contributed by atoms with Crippen LogP contribution in [0.1, 0.15) is 34.8 Å². The summed E-state index contributed by atoms with van der Waals surface area (Å²) in [7, 11) is 0. The van der Waals surface area contributed by atoms with E-state index in [1.807, 2.05) is 35.2 Å². The Kier molecular flexibility index (Phi) is 3.43. The van der Waals surface area contributed by atoms with E-state index in [2.05, 4.69) is 30.0 Å². The van der Waals surface area contributed by atoms with Gasteiger partial charge >= 0.3 is 0 Å². The zero-order valence-electron chi connectivity index (χ0n) is 13.1. The van der Waals surface area contributed by atoms with Crippen molar-refractivity contribution in [1.82, 2.24) is 9.80 Å². The van der Waals surface area contributed by atoms with Crippen LogP contribution < -0.4 is 0 Å². The molecule has 1 unspecified atom stereocenters. The SMILES string of the molecule is CCN1CCCN2C(=O)c3ccccc3C12c1ccc(Cl)cc1. The van der Waals surface area contributed by atoms with Crippen molar-refractivity contribution in [1.29, 1.82) is 0 Å². The summed E-state index contributed by atoms with van der Waals surface area (Å²) in [6, 6.07) is 15.9. The fourth-order valence-electron chi connectivity index (χ4n) is 4.16. The Morgan fingerprint density at radius 2 is 1.83 bits per heavy atom. The smallest absolute Gasteiger partial charge is 0.256 e. The van der Waals surface area contributed by atoms with Gasteiger partial charge in [-0.15, -0.1) is 0 Å². The molecule has 0 bridgehead atoms. The first-order valence-corrected chi connectivity index (χ1v) is 8.50. The first-order valence-electron chi connectivity index (χ1n) is 8.12. The largest absolute Gasteiger partial charge is 0.312 e. The Labute approximate surface area is 141 Å². The molecule has 2 aliphatic rings. The Bertz CT molecular complexity index is 758. The van der Waals surface area contributed by atoms with Crippen LogP contribution in [-0.2, 0) is 5.66 Å². The zero-order chi connectivity index (χ0) is 16.0. The number of halogens is 1. The van der Waals surface area contributed by atoms with Gasteiger partial charge < -0.3 is 4.90 Å². The predicted octanol–water partition coefficient (Wildman–Crippen LogP) is 3.72. The molecule has 0 aromatic heterocycles. The van der Waals surface area contributed by atoms with Crippen LogP contribution in [-0.4, -0.2) is 35.3 Å². The van der Waals surface area contributed by atoms with Gasteiger partial charge in [0.25, 0.3) is 5.91 Å². The van der Waals surface area contributed by atoms with Crippen molar-refractivity contribution >= 4 is 17.5 Å². The normalized spacial score (nSPS) is 23.7. The lowest BCUT2D eigenvalue weighted by molar-refractivity contribution is -0.0352. The maximum atomic E-state index is 13.0. The van der Waals surface area contributed by atoms with Gasteiger partial charge in [0, 0.05) is 29.2 Å². The Morgan fingerprint density at radius 1 is 1.09 bits per heavy atom. The molecule has 3 nitrogen and oxygen atoms in total. The average Bonchev–Trinajstić information content (AvgIpc) is 2.86. The quantitative estimate of drug-likeness (QED) is 0.839. The Balaban J connectivity index is 2.02. The van der Waals surface area contributed by atoms with Crippen molar-refractivity contribution in [2.75, 3.05) is 19.6 Å². The van der Waals surface area contributed by atoms with Gasteiger partial charge in [0.2, 0.25) is 0 Å². The van der Waals surface area contributed by atoms with E-state index in [1.165, 1.54) is 0 Å². The monoisotopic (exact) mass is 326 g/mol. The van der Waals surface area contributed by atoms with Gasteiger partial charge in [-0.25, -0.2) is 0 Å². The molecule has 2 aromatic rings. The number of rotatable bonds is 2. The van der Waals surface area contributed by atoms with Crippen molar-refractivity contribution in [2.45, 2.75) is 19.0 Å². The maximum Gasteiger partial charge on any atom is 0.256 e. The van der Waals surface area contributed by atoms with Gasteiger partial charge in [0.05, 0.1) is 0 Å². The van der Waals surface area contributed by atoms with E-state index in [1.54, 1.807) is 0 Å². The molecule has 0 saturated carbocycles. The van der Waals surface area contributed by atoms with Gasteiger partial charge in [-0.2, -0.15) is 0 Å². The highest BCUT2D eigenvalue weighted by Crippen LogP contribution is 2.48. The highest BCUT2D eigenvalue weighted by atomic mass is 35.5. The first-order chi connectivity index (χ1) is 11.2. The minimum absolute atomic E-state index is 0.133. The molecule has 1 atom stereocenters. The summed E-state index contributed by atoms with van der Waals surface area (Å²) in [4.78, 5) is 17.5. The van der Waals surface area contributed by atoms with E-state index in [0.717, 1.165) is 42.7 Å². The summed E-state index contributed by atoms with van der Waals surface area (Å²) in [5.74, 6) is 0.133. The molecular formula is C19H19ClN2O. The topological polar surface area (TPSA) is 23.6 Å². The molecule has 1 amide bonds.